The van der Waals surface area contributed by atoms with E-state index in [0.29, 0.717) is 12.2 Å². The van der Waals surface area contributed by atoms with E-state index in [1.807, 2.05) is 41.5 Å². The predicted molar refractivity (Wildman–Crippen MR) is 101 cm³/mol. The smallest absolute Gasteiger partial charge is 0.243 e. The number of carbonyl (C=O) groups excluding carboxylic acids is 1. The number of amides is 1. The maximum absolute atomic E-state index is 12.9. The molecule has 0 radical (unpaired) electrons. The van der Waals surface area contributed by atoms with E-state index in [9.17, 15) is 13.2 Å². The maximum Gasteiger partial charge on any atom is 0.243 e. The van der Waals surface area contributed by atoms with Gasteiger partial charge in [-0.3, -0.25) is 9.10 Å². The first-order valence-electron chi connectivity index (χ1n) is 8.21. The van der Waals surface area contributed by atoms with Gasteiger partial charge in [0.2, 0.25) is 15.9 Å². The molecular weight excluding hydrogens is 356 g/mol. The van der Waals surface area contributed by atoms with Crippen molar-refractivity contribution < 1.29 is 13.2 Å². The van der Waals surface area contributed by atoms with Crippen LogP contribution in [0.3, 0.4) is 0 Å². The van der Waals surface area contributed by atoms with Crippen LogP contribution in [-0.4, -0.2) is 38.1 Å². The molecule has 0 N–H and O–H groups in total. The van der Waals surface area contributed by atoms with Crippen molar-refractivity contribution in [2.45, 2.75) is 32.4 Å². The number of nitrogens with zero attached hydrogens (tertiary/aromatic N) is 2. The summed E-state index contributed by atoms with van der Waals surface area (Å²) in [5.41, 5.74) is 1.39. The summed E-state index contributed by atoms with van der Waals surface area (Å²) in [7, 11) is -3.55. The average Bonchev–Trinajstić information content (AvgIpc) is 3.26. The molecule has 3 rings (SSSR count). The Morgan fingerprint density at radius 2 is 1.92 bits per heavy atom. The van der Waals surface area contributed by atoms with E-state index in [1.54, 1.807) is 23.5 Å². The maximum atomic E-state index is 12.9. The highest BCUT2D eigenvalue weighted by Crippen LogP contribution is 2.30. The Labute approximate surface area is 152 Å². The Bertz CT molecular complexity index is 843. The van der Waals surface area contributed by atoms with Crippen LogP contribution >= 0.6 is 11.3 Å². The zero-order valence-corrected chi connectivity index (χ0v) is 16.0. The topological polar surface area (TPSA) is 57.7 Å². The Kier molecular flexibility index (Phi) is 5.15. The first-order valence-corrected chi connectivity index (χ1v) is 10.9. The standard InChI is InChI=1S/C18H22N2O3S2/c1-14-6-3-4-8-17(14)20(25(2,22)23)13-18(21)19(15-9-10-15)12-16-7-5-11-24-16/h3-8,11,15H,9-10,12-13H2,1-2H3. The van der Waals surface area contributed by atoms with Gasteiger partial charge in [-0.1, -0.05) is 24.3 Å². The van der Waals surface area contributed by atoms with E-state index < -0.39 is 10.0 Å². The van der Waals surface area contributed by atoms with Crippen LogP contribution in [0.1, 0.15) is 23.3 Å². The summed E-state index contributed by atoms with van der Waals surface area (Å²) in [5.74, 6) is -0.149. The molecule has 1 heterocycles. The van der Waals surface area contributed by atoms with Crippen molar-refractivity contribution >= 4 is 33.0 Å². The number of benzene rings is 1. The summed E-state index contributed by atoms with van der Waals surface area (Å²) in [6.45, 7) is 2.24. The lowest BCUT2D eigenvalue weighted by molar-refractivity contribution is -0.130. The lowest BCUT2D eigenvalue weighted by Crippen LogP contribution is -2.43. The number of rotatable bonds is 7. The van der Waals surface area contributed by atoms with E-state index in [4.69, 9.17) is 0 Å². The van der Waals surface area contributed by atoms with Crippen LogP contribution in [0.5, 0.6) is 0 Å². The van der Waals surface area contributed by atoms with Crippen LogP contribution in [-0.2, 0) is 21.4 Å². The number of para-hydroxylation sites is 1. The predicted octanol–water partition coefficient (Wildman–Crippen LogP) is 3.01. The molecular formula is C18H22N2O3S2. The average molecular weight is 379 g/mol. The van der Waals surface area contributed by atoms with E-state index in [-0.39, 0.29) is 18.5 Å². The molecule has 1 amide bonds. The molecule has 0 atom stereocenters. The second-order valence-corrected chi connectivity index (χ2v) is 9.33. The van der Waals surface area contributed by atoms with Gasteiger partial charge in [-0.15, -0.1) is 11.3 Å². The SMILES string of the molecule is Cc1ccccc1N(CC(=O)N(Cc1cccs1)C1CC1)S(C)(=O)=O. The highest BCUT2D eigenvalue weighted by atomic mass is 32.2. The van der Waals surface area contributed by atoms with Crippen LogP contribution in [0.15, 0.2) is 41.8 Å². The third-order valence-electron chi connectivity index (χ3n) is 4.28. The number of aryl methyl sites for hydroxylation is 1. The number of sulfonamides is 1. The molecule has 25 heavy (non-hydrogen) atoms. The van der Waals surface area contributed by atoms with E-state index in [0.717, 1.165) is 29.5 Å². The molecule has 1 aliphatic rings. The quantitative estimate of drug-likeness (QED) is 0.744. The molecule has 1 saturated carbocycles. The van der Waals surface area contributed by atoms with Crippen LogP contribution in [0.2, 0.25) is 0 Å². The molecule has 0 aliphatic heterocycles. The van der Waals surface area contributed by atoms with Crippen molar-refractivity contribution in [1.82, 2.24) is 4.90 Å². The third-order valence-corrected chi connectivity index (χ3v) is 6.27. The van der Waals surface area contributed by atoms with Crippen LogP contribution < -0.4 is 4.31 Å². The molecule has 0 unspecified atom stereocenters. The minimum Gasteiger partial charge on any atom is -0.333 e. The molecule has 2 aromatic rings. The fourth-order valence-corrected chi connectivity index (χ4v) is 4.43. The second-order valence-electron chi connectivity index (χ2n) is 6.39. The van der Waals surface area contributed by atoms with Gasteiger partial charge in [0.25, 0.3) is 0 Å². The van der Waals surface area contributed by atoms with Gasteiger partial charge in [-0.2, -0.15) is 0 Å². The Balaban J connectivity index is 1.83. The number of thiophene rings is 1. The van der Waals surface area contributed by atoms with Gasteiger partial charge in [0, 0.05) is 10.9 Å². The Hall–Kier alpha value is -1.86. The highest BCUT2D eigenvalue weighted by Gasteiger charge is 2.34. The van der Waals surface area contributed by atoms with Crippen molar-refractivity contribution in [3.8, 4) is 0 Å². The normalized spacial score (nSPS) is 14.3. The minimum absolute atomic E-state index is 0.149. The third kappa shape index (κ3) is 4.41. The van der Waals surface area contributed by atoms with Gasteiger partial charge >= 0.3 is 0 Å². The summed E-state index contributed by atoms with van der Waals surface area (Å²) in [6.07, 6.45) is 3.12. The van der Waals surface area contributed by atoms with Crippen molar-refractivity contribution in [3.05, 3.63) is 52.2 Å². The van der Waals surface area contributed by atoms with Gasteiger partial charge in [-0.25, -0.2) is 8.42 Å². The van der Waals surface area contributed by atoms with E-state index in [1.165, 1.54) is 4.31 Å². The molecule has 0 saturated heterocycles. The lowest BCUT2D eigenvalue weighted by atomic mass is 10.2. The molecule has 1 fully saturated rings. The van der Waals surface area contributed by atoms with E-state index >= 15 is 0 Å². The summed E-state index contributed by atoms with van der Waals surface area (Å²) >= 11 is 1.61. The lowest BCUT2D eigenvalue weighted by Gasteiger charge is -2.28. The fraction of sp³-hybridized carbons (Fsp3) is 0.389. The van der Waals surface area contributed by atoms with Gasteiger partial charge in [0.1, 0.15) is 6.54 Å². The van der Waals surface area contributed by atoms with Gasteiger partial charge < -0.3 is 4.90 Å². The molecule has 1 aromatic heterocycles. The van der Waals surface area contributed by atoms with Crippen LogP contribution in [0.4, 0.5) is 5.69 Å². The van der Waals surface area contributed by atoms with Gasteiger partial charge in [-0.05, 0) is 42.8 Å². The summed E-state index contributed by atoms with van der Waals surface area (Å²) < 4.78 is 25.8. The number of anilines is 1. The molecule has 134 valence electrons. The molecule has 5 nitrogen and oxygen atoms in total. The zero-order chi connectivity index (χ0) is 18.0. The number of hydrogen-bond acceptors (Lipinski definition) is 4. The summed E-state index contributed by atoms with van der Waals surface area (Å²) in [4.78, 5) is 15.9. The first kappa shape index (κ1) is 17.9. The van der Waals surface area contributed by atoms with Crippen molar-refractivity contribution in [2.24, 2.45) is 0 Å². The molecule has 1 aromatic carbocycles. The van der Waals surface area contributed by atoms with Gasteiger partial charge in [0.05, 0.1) is 18.5 Å². The van der Waals surface area contributed by atoms with Crippen molar-refractivity contribution in [3.63, 3.8) is 0 Å². The largest absolute Gasteiger partial charge is 0.333 e. The molecule has 7 heteroatoms. The number of carbonyl (C=O) groups is 1. The fourth-order valence-electron chi connectivity index (χ4n) is 2.82. The zero-order valence-electron chi connectivity index (χ0n) is 14.4. The summed E-state index contributed by atoms with van der Waals surface area (Å²) in [5, 5.41) is 1.99. The molecule has 0 bridgehead atoms. The van der Waals surface area contributed by atoms with Crippen molar-refractivity contribution in [1.29, 1.82) is 0 Å². The monoisotopic (exact) mass is 378 g/mol. The van der Waals surface area contributed by atoms with Crippen molar-refractivity contribution in [2.75, 3.05) is 17.1 Å². The summed E-state index contributed by atoms with van der Waals surface area (Å²) in [6, 6.07) is 11.4. The first-order chi connectivity index (χ1) is 11.9. The highest BCUT2D eigenvalue weighted by molar-refractivity contribution is 7.92. The van der Waals surface area contributed by atoms with E-state index in [2.05, 4.69) is 0 Å². The van der Waals surface area contributed by atoms with Gasteiger partial charge in [0.15, 0.2) is 0 Å². The second kappa shape index (κ2) is 7.17. The Morgan fingerprint density at radius 1 is 1.20 bits per heavy atom. The molecule has 0 spiro atoms. The van der Waals surface area contributed by atoms with Crippen LogP contribution in [0, 0.1) is 6.92 Å². The Morgan fingerprint density at radius 3 is 2.48 bits per heavy atom. The van der Waals surface area contributed by atoms with Crippen LogP contribution in [0.25, 0.3) is 0 Å². The number of hydrogen-bond donors (Lipinski definition) is 0. The minimum atomic E-state index is -3.55. The molecule has 1 aliphatic carbocycles.